The highest BCUT2D eigenvalue weighted by Gasteiger charge is 2.44. The summed E-state index contributed by atoms with van der Waals surface area (Å²) in [5.74, 6) is 0.820. The molecule has 2 saturated heterocycles. The highest BCUT2D eigenvalue weighted by Crippen LogP contribution is 2.30. The summed E-state index contributed by atoms with van der Waals surface area (Å²) in [5.41, 5.74) is 0. The third-order valence-electron chi connectivity index (χ3n) is 2.71. The Labute approximate surface area is 73.6 Å². The average molecular weight is 171 g/mol. The van der Waals surface area contributed by atoms with Gasteiger partial charge in [0.2, 0.25) is 0 Å². The maximum absolute atomic E-state index is 5.36. The van der Waals surface area contributed by atoms with Gasteiger partial charge < -0.3 is 9.47 Å². The first kappa shape index (κ1) is 8.48. The highest BCUT2D eigenvalue weighted by molar-refractivity contribution is 4.81. The Morgan fingerprint density at radius 1 is 1.50 bits per heavy atom. The van der Waals surface area contributed by atoms with E-state index >= 15 is 0 Å². The van der Waals surface area contributed by atoms with Gasteiger partial charge in [-0.15, -0.1) is 0 Å². The van der Waals surface area contributed by atoms with E-state index in [0.29, 0.717) is 0 Å². The van der Waals surface area contributed by atoms with E-state index in [1.54, 1.807) is 7.11 Å². The van der Waals surface area contributed by atoms with Crippen LogP contribution in [0.3, 0.4) is 0 Å². The molecular formula is C9H17NO2. The minimum absolute atomic E-state index is 0.0512. The van der Waals surface area contributed by atoms with Crippen molar-refractivity contribution in [1.82, 2.24) is 4.90 Å². The standard InChI is InChI=1S/C9H17NO2/c1-7-4-3-5-10(6-7)8-9(11-2)12-8/h7-9H,3-6H2,1-2H3. The van der Waals surface area contributed by atoms with Crippen molar-refractivity contribution >= 4 is 0 Å². The van der Waals surface area contributed by atoms with Crippen molar-refractivity contribution in [3.05, 3.63) is 0 Å². The van der Waals surface area contributed by atoms with E-state index in [0.717, 1.165) is 5.92 Å². The Hall–Kier alpha value is -0.120. The predicted octanol–water partition coefficient (Wildman–Crippen LogP) is 1.05. The average Bonchev–Trinajstić information content (AvgIpc) is 2.83. The summed E-state index contributed by atoms with van der Waals surface area (Å²) in [4.78, 5) is 2.39. The third kappa shape index (κ3) is 1.63. The third-order valence-corrected chi connectivity index (χ3v) is 2.71. The molecule has 0 bridgehead atoms. The molecule has 2 aliphatic heterocycles. The molecular weight excluding hydrogens is 154 g/mol. The largest absolute Gasteiger partial charge is 0.352 e. The van der Waals surface area contributed by atoms with Crippen molar-refractivity contribution in [1.29, 1.82) is 0 Å². The number of hydrogen-bond acceptors (Lipinski definition) is 3. The van der Waals surface area contributed by atoms with Crippen LogP contribution < -0.4 is 0 Å². The van der Waals surface area contributed by atoms with Crippen LogP contribution in [0.15, 0.2) is 0 Å². The topological polar surface area (TPSA) is 25.0 Å². The van der Waals surface area contributed by atoms with Crippen LogP contribution in [0.1, 0.15) is 19.8 Å². The quantitative estimate of drug-likeness (QED) is 0.580. The second-order valence-corrected chi connectivity index (χ2v) is 3.87. The summed E-state index contributed by atoms with van der Waals surface area (Å²) in [6, 6.07) is 0. The van der Waals surface area contributed by atoms with Crippen LogP contribution in [-0.4, -0.2) is 37.6 Å². The maximum atomic E-state index is 5.36. The van der Waals surface area contributed by atoms with E-state index in [1.807, 2.05) is 0 Å². The molecule has 2 aliphatic rings. The van der Waals surface area contributed by atoms with Gasteiger partial charge >= 0.3 is 0 Å². The highest BCUT2D eigenvalue weighted by atomic mass is 16.8. The molecule has 3 atom stereocenters. The molecule has 70 valence electrons. The van der Waals surface area contributed by atoms with Gasteiger partial charge in [-0.3, -0.25) is 4.90 Å². The smallest absolute Gasteiger partial charge is 0.199 e. The molecule has 0 aromatic carbocycles. The second kappa shape index (κ2) is 3.32. The number of rotatable bonds is 2. The van der Waals surface area contributed by atoms with Crippen molar-refractivity contribution in [3.8, 4) is 0 Å². The zero-order valence-corrected chi connectivity index (χ0v) is 7.82. The van der Waals surface area contributed by atoms with Crippen molar-refractivity contribution in [3.63, 3.8) is 0 Å². The molecule has 2 rings (SSSR count). The van der Waals surface area contributed by atoms with Gasteiger partial charge in [-0.25, -0.2) is 0 Å². The van der Waals surface area contributed by atoms with Gasteiger partial charge in [0.15, 0.2) is 12.5 Å². The van der Waals surface area contributed by atoms with Gasteiger partial charge in [-0.1, -0.05) is 6.92 Å². The monoisotopic (exact) mass is 171 g/mol. The van der Waals surface area contributed by atoms with E-state index in [9.17, 15) is 0 Å². The summed E-state index contributed by atoms with van der Waals surface area (Å²) in [7, 11) is 1.71. The molecule has 0 aliphatic carbocycles. The Bertz CT molecular complexity index is 163. The molecule has 3 unspecified atom stereocenters. The molecule has 0 N–H and O–H groups in total. The first-order valence-corrected chi connectivity index (χ1v) is 4.73. The first-order chi connectivity index (χ1) is 5.81. The van der Waals surface area contributed by atoms with Crippen LogP contribution in [0.25, 0.3) is 0 Å². The van der Waals surface area contributed by atoms with Gasteiger partial charge in [0.25, 0.3) is 0 Å². The van der Waals surface area contributed by atoms with Gasteiger partial charge in [0.1, 0.15) is 0 Å². The van der Waals surface area contributed by atoms with Crippen LogP contribution in [0.5, 0.6) is 0 Å². The lowest BCUT2D eigenvalue weighted by molar-refractivity contribution is 0.0949. The van der Waals surface area contributed by atoms with E-state index < -0.39 is 0 Å². The summed E-state index contributed by atoms with van der Waals surface area (Å²) < 4.78 is 10.5. The first-order valence-electron chi connectivity index (χ1n) is 4.73. The van der Waals surface area contributed by atoms with Crippen LogP contribution in [-0.2, 0) is 9.47 Å². The molecule has 0 aromatic heterocycles. The summed E-state index contributed by atoms with van der Waals surface area (Å²) in [5, 5.41) is 0. The Kier molecular flexibility index (Phi) is 2.35. The SMILES string of the molecule is COC1OC1N1CCCC(C)C1. The molecule has 2 fully saturated rings. The maximum Gasteiger partial charge on any atom is 0.199 e. The molecule has 2 heterocycles. The van der Waals surface area contributed by atoms with E-state index in [-0.39, 0.29) is 12.5 Å². The Morgan fingerprint density at radius 3 is 2.92 bits per heavy atom. The summed E-state index contributed by atoms with van der Waals surface area (Å²) in [6.07, 6.45) is 2.98. The molecule has 0 aromatic rings. The molecule has 0 spiro atoms. The lowest BCUT2D eigenvalue weighted by Gasteiger charge is -2.29. The van der Waals surface area contributed by atoms with Crippen LogP contribution >= 0.6 is 0 Å². The van der Waals surface area contributed by atoms with E-state index in [1.165, 1.54) is 25.9 Å². The zero-order chi connectivity index (χ0) is 8.55. The van der Waals surface area contributed by atoms with Gasteiger partial charge in [0, 0.05) is 20.2 Å². The van der Waals surface area contributed by atoms with Gasteiger partial charge in [0.05, 0.1) is 0 Å². The lowest BCUT2D eigenvalue weighted by Crippen LogP contribution is -2.37. The van der Waals surface area contributed by atoms with Crippen LogP contribution in [0.4, 0.5) is 0 Å². The number of epoxide rings is 1. The molecule has 12 heavy (non-hydrogen) atoms. The number of piperidine rings is 1. The van der Waals surface area contributed by atoms with Gasteiger partial charge in [-0.2, -0.15) is 0 Å². The van der Waals surface area contributed by atoms with Gasteiger partial charge in [-0.05, 0) is 18.8 Å². The van der Waals surface area contributed by atoms with Crippen molar-refractivity contribution in [2.45, 2.75) is 32.3 Å². The zero-order valence-electron chi connectivity index (χ0n) is 7.82. The number of likely N-dealkylation sites (tertiary alicyclic amines) is 1. The summed E-state index contributed by atoms with van der Waals surface area (Å²) in [6.45, 7) is 4.65. The number of ether oxygens (including phenoxy) is 2. The Balaban J connectivity index is 1.81. The van der Waals surface area contributed by atoms with Crippen molar-refractivity contribution in [2.24, 2.45) is 5.92 Å². The van der Waals surface area contributed by atoms with E-state index in [2.05, 4.69) is 11.8 Å². The molecule has 0 saturated carbocycles. The number of nitrogens with zero attached hydrogens (tertiary/aromatic N) is 1. The second-order valence-electron chi connectivity index (χ2n) is 3.87. The fourth-order valence-electron chi connectivity index (χ4n) is 1.98. The molecule has 0 amide bonds. The predicted molar refractivity (Wildman–Crippen MR) is 45.6 cm³/mol. The fraction of sp³-hybridized carbons (Fsp3) is 1.00. The summed E-state index contributed by atoms with van der Waals surface area (Å²) >= 11 is 0. The minimum Gasteiger partial charge on any atom is -0.352 e. The lowest BCUT2D eigenvalue weighted by atomic mass is 10.0. The molecule has 3 heteroatoms. The number of methoxy groups -OCH3 is 1. The van der Waals surface area contributed by atoms with Crippen LogP contribution in [0.2, 0.25) is 0 Å². The number of hydrogen-bond donors (Lipinski definition) is 0. The van der Waals surface area contributed by atoms with Crippen molar-refractivity contribution in [2.75, 3.05) is 20.2 Å². The Morgan fingerprint density at radius 2 is 2.33 bits per heavy atom. The molecule has 3 nitrogen and oxygen atoms in total. The minimum atomic E-state index is 0.0512. The van der Waals surface area contributed by atoms with Crippen LogP contribution in [0, 0.1) is 5.92 Å². The fourth-order valence-corrected chi connectivity index (χ4v) is 1.98. The van der Waals surface area contributed by atoms with Crippen molar-refractivity contribution < 1.29 is 9.47 Å². The molecule has 0 radical (unpaired) electrons. The van der Waals surface area contributed by atoms with E-state index in [4.69, 9.17) is 9.47 Å². The normalized spacial score (nSPS) is 43.0.